The molecule has 0 amide bonds. The van der Waals surface area contributed by atoms with Crippen molar-refractivity contribution in [3.63, 3.8) is 0 Å². The average Bonchev–Trinajstić information content (AvgIpc) is 2.74. The van der Waals surface area contributed by atoms with Gasteiger partial charge in [-0.1, -0.05) is 30.9 Å². The summed E-state index contributed by atoms with van der Waals surface area (Å²) in [6.45, 7) is 15.6. The number of nitrogens with zero attached hydrogens (tertiary/aromatic N) is 3. The van der Waals surface area contributed by atoms with Crippen molar-refractivity contribution in [2.75, 3.05) is 45.9 Å². The monoisotopic (exact) mass is 401 g/mol. The molecule has 5 nitrogen and oxygen atoms in total. The van der Waals surface area contributed by atoms with Gasteiger partial charge in [0.15, 0.2) is 0 Å². The lowest BCUT2D eigenvalue weighted by atomic mass is 9.97. The summed E-state index contributed by atoms with van der Waals surface area (Å²) < 4.78 is 5.85. The number of hydrogen-bond acceptors (Lipinski definition) is 5. The van der Waals surface area contributed by atoms with Gasteiger partial charge in [0.2, 0.25) is 0 Å². The van der Waals surface area contributed by atoms with E-state index in [0.29, 0.717) is 24.7 Å². The van der Waals surface area contributed by atoms with E-state index in [1.807, 2.05) is 12.1 Å². The zero-order valence-electron chi connectivity index (χ0n) is 18.3. The Morgan fingerprint density at radius 1 is 1.17 bits per heavy atom. The van der Waals surface area contributed by atoms with Gasteiger partial charge in [-0.25, -0.2) is 0 Å². The van der Waals surface area contributed by atoms with Crippen molar-refractivity contribution < 1.29 is 9.84 Å². The maximum atomic E-state index is 9.68. The Morgan fingerprint density at radius 2 is 1.93 bits per heavy atom. The average molecular weight is 402 g/mol. The van der Waals surface area contributed by atoms with Crippen molar-refractivity contribution in [1.29, 1.82) is 0 Å². The van der Waals surface area contributed by atoms with Crippen molar-refractivity contribution in [2.24, 2.45) is 0 Å². The quantitative estimate of drug-likeness (QED) is 0.644. The Kier molecular flexibility index (Phi) is 8.54. The number of ether oxygens (including phenoxy) is 1. The number of benzene rings is 1. The van der Waals surface area contributed by atoms with Gasteiger partial charge in [-0.2, -0.15) is 0 Å². The van der Waals surface area contributed by atoms with Crippen molar-refractivity contribution in [1.82, 2.24) is 14.7 Å². The number of aliphatic hydroxyl groups excluding tert-OH is 1. The fourth-order valence-corrected chi connectivity index (χ4v) is 4.86. The van der Waals surface area contributed by atoms with E-state index in [9.17, 15) is 5.11 Å². The predicted molar refractivity (Wildman–Crippen MR) is 119 cm³/mol. The summed E-state index contributed by atoms with van der Waals surface area (Å²) in [5.41, 5.74) is 1.23. The van der Waals surface area contributed by atoms with E-state index >= 15 is 0 Å². The van der Waals surface area contributed by atoms with Crippen LogP contribution >= 0.6 is 0 Å². The molecule has 1 atom stereocenters. The largest absolute Gasteiger partial charge is 0.489 e. The number of piperazine rings is 1. The molecule has 3 rings (SSSR count). The topological polar surface area (TPSA) is 39.2 Å². The van der Waals surface area contributed by atoms with Gasteiger partial charge in [-0.15, -0.1) is 0 Å². The Hall–Kier alpha value is -1.40. The first-order chi connectivity index (χ1) is 14.1. The predicted octanol–water partition coefficient (Wildman–Crippen LogP) is 2.99. The van der Waals surface area contributed by atoms with E-state index in [2.05, 4.69) is 47.3 Å². The lowest BCUT2D eigenvalue weighted by molar-refractivity contribution is -0.000213. The van der Waals surface area contributed by atoms with E-state index in [4.69, 9.17) is 4.74 Å². The highest BCUT2D eigenvalue weighted by Crippen LogP contribution is 2.26. The molecule has 0 bridgehead atoms. The van der Waals surface area contributed by atoms with Crippen molar-refractivity contribution in [3.8, 4) is 5.75 Å². The van der Waals surface area contributed by atoms with Crippen LogP contribution in [0.5, 0.6) is 5.75 Å². The number of para-hydroxylation sites is 1. The van der Waals surface area contributed by atoms with Crippen LogP contribution in [0.25, 0.3) is 0 Å². The van der Waals surface area contributed by atoms with Crippen LogP contribution in [-0.4, -0.2) is 83.9 Å². The Bertz CT molecular complexity index is 628. The minimum atomic E-state index is 0.263. The molecule has 0 aromatic heterocycles. The van der Waals surface area contributed by atoms with Gasteiger partial charge in [0.25, 0.3) is 0 Å². The molecular formula is C24H39N3O2. The highest BCUT2D eigenvalue weighted by Gasteiger charge is 2.34. The zero-order chi connectivity index (χ0) is 20.6. The summed E-state index contributed by atoms with van der Waals surface area (Å²) in [5.74, 6) is 0.953. The number of piperidine rings is 1. The summed E-state index contributed by atoms with van der Waals surface area (Å²) in [4.78, 5) is 7.81. The van der Waals surface area contributed by atoms with Crippen molar-refractivity contribution in [2.45, 2.75) is 57.8 Å². The second kappa shape index (κ2) is 11.1. The number of likely N-dealkylation sites (tertiary alicyclic amines) is 1. The summed E-state index contributed by atoms with van der Waals surface area (Å²) in [7, 11) is 0. The molecule has 2 fully saturated rings. The molecule has 1 aromatic carbocycles. The van der Waals surface area contributed by atoms with Gasteiger partial charge in [0.1, 0.15) is 12.4 Å². The minimum absolute atomic E-state index is 0.263. The normalized spacial score (nSPS) is 22.8. The molecule has 2 saturated heterocycles. The molecule has 0 radical (unpaired) electrons. The Labute approximate surface area is 176 Å². The second-order valence-corrected chi connectivity index (χ2v) is 8.71. The first-order valence-electron chi connectivity index (χ1n) is 11.3. The molecule has 0 saturated carbocycles. The molecule has 0 unspecified atom stereocenters. The highest BCUT2D eigenvalue weighted by atomic mass is 16.5. The Morgan fingerprint density at radius 3 is 2.62 bits per heavy atom. The molecule has 0 spiro atoms. The highest BCUT2D eigenvalue weighted by molar-refractivity contribution is 5.33. The molecule has 0 aliphatic carbocycles. The minimum Gasteiger partial charge on any atom is -0.489 e. The second-order valence-electron chi connectivity index (χ2n) is 8.71. The van der Waals surface area contributed by atoms with E-state index in [-0.39, 0.29) is 6.61 Å². The van der Waals surface area contributed by atoms with Crippen LogP contribution in [0, 0.1) is 0 Å². The number of aliphatic hydroxyl groups is 1. The van der Waals surface area contributed by atoms with E-state index < -0.39 is 0 Å². The van der Waals surface area contributed by atoms with Gasteiger partial charge >= 0.3 is 0 Å². The Balaban J connectivity index is 1.60. The van der Waals surface area contributed by atoms with E-state index in [1.54, 1.807) is 6.08 Å². The van der Waals surface area contributed by atoms with Crippen LogP contribution in [0.2, 0.25) is 0 Å². The van der Waals surface area contributed by atoms with Crippen molar-refractivity contribution in [3.05, 3.63) is 42.5 Å². The molecule has 2 aliphatic heterocycles. The van der Waals surface area contributed by atoms with Crippen molar-refractivity contribution >= 4 is 0 Å². The van der Waals surface area contributed by atoms with Gasteiger partial charge in [0, 0.05) is 56.5 Å². The van der Waals surface area contributed by atoms with Gasteiger partial charge < -0.3 is 14.7 Å². The van der Waals surface area contributed by atoms with E-state index in [0.717, 1.165) is 38.3 Å². The molecular weight excluding hydrogens is 362 g/mol. The molecule has 1 N–H and O–H groups in total. The van der Waals surface area contributed by atoms with Crippen LogP contribution in [0.1, 0.15) is 38.7 Å². The molecule has 1 aromatic rings. The molecule has 162 valence electrons. The molecule has 2 aliphatic rings. The van der Waals surface area contributed by atoms with Crippen LogP contribution in [0.4, 0.5) is 0 Å². The van der Waals surface area contributed by atoms with Crippen LogP contribution in [-0.2, 0) is 6.54 Å². The van der Waals surface area contributed by atoms with Gasteiger partial charge in [-0.3, -0.25) is 9.80 Å². The third-order valence-electron chi connectivity index (χ3n) is 6.50. The standard InChI is InChI=1S/C24H39N3O2/c1-4-17-29-24-8-6-5-7-21(24)18-25-14-15-27(23(19-25)11-16-28)22-9-12-26(13-10-22)20(2)3/h4-8,20,22-23,28H,1,9-19H2,2-3H3/t23-/m0/s1. The summed E-state index contributed by atoms with van der Waals surface area (Å²) >= 11 is 0. The third-order valence-corrected chi connectivity index (χ3v) is 6.50. The zero-order valence-corrected chi connectivity index (χ0v) is 18.3. The lowest BCUT2D eigenvalue weighted by Crippen LogP contribution is -2.58. The maximum absolute atomic E-state index is 9.68. The summed E-state index contributed by atoms with van der Waals surface area (Å²) in [5, 5.41) is 9.68. The third kappa shape index (κ3) is 6.05. The molecule has 2 heterocycles. The van der Waals surface area contributed by atoms with Crippen LogP contribution in [0.3, 0.4) is 0 Å². The fraction of sp³-hybridized carbons (Fsp3) is 0.667. The number of rotatable bonds is 9. The van der Waals surface area contributed by atoms with Crippen LogP contribution in [0.15, 0.2) is 36.9 Å². The maximum Gasteiger partial charge on any atom is 0.124 e. The van der Waals surface area contributed by atoms with Crippen LogP contribution < -0.4 is 4.74 Å². The lowest BCUT2D eigenvalue weighted by Gasteiger charge is -2.48. The van der Waals surface area contributed by atoms with Gasteiger partial charge in [0.05, 0.1) is 0 Å². The first kappa shape index (κ1) is 22.3. The summed E-state index contributed by atoms with van der Waals surface area (Å²) in [6.07, 6.45) is 5.14. The van der Waals surface area contributed by atoms with Gasteiger partial charge in [-0.05, 0) is 52.3 Å². The SMILES string of the molecule is C=CCOc1ccccc1CN1CCN(C2CCN(C(C)C)CC2)[C@@H](CCO)C1. The molecule has 29 heavy (non-hydrogen) atoms. The fourth-order valence-electron chi connectivity index (χ4n) is 4.86. The summed E-state index contributed by atoms with van der Waals surface area (Å²) in [6, 6.07) is 10.1. The molecule has 5 heteroatoms. The number of hydrogen-bond donors (Lipinski definition) is 1. The smallest absolute Gasteiger partial charge is 0.124 e. The van der Waals surface area contributed by atoms with E-state index in [1.165, 1.54) is 31.5 Å². The first-order valence-corrected chi connectivity index (χ1v) is 11.3.